The number of aliphatic carboxylic acids is 1. The van der Waals surface area contributed by atoms with Crippen LogP contribution in [-0.2, 0) is 9.53 Å². The zero-order valence-corrected chi connectivity index (χ0v) is 13.7. The van der Waals surface area contributed by atoms with E-state index in [0.717, 1.165) is 6.08 Å². The summed E-state index contributed by atoms with van der Waals surface area (Å²) < 4.78 is 9.89. The van der Waals surface area contributed by atoms with Crippen molar-refractivity contribution in [2.45, 2.75) is 26.4 Å². The van der Waals surface area contributed by atoms with E-state index in [2.05, 4.69) is 5.32 Å². The van der Waals surface area contributed by atoms with Crippen LogP contribution < -0.4 is 10.1 Å². The number of nitrogens with one attached hydrogen (secondary N) is 1. The number of nitro benzene ring substituents is 1. The third-order valence-electron chi connectivity index (χ3n) is 2.58. The molecule has 0 atom stereocenters. The van der Waals surface area contributed by atoms with Crippen molar-refractivity contribution in [1.29, 1.82) is 0 Å². The maximum atomic E-state index is 11.7. The van der Waals surface area contributed by atoms with Crippen LogP contribution in [0.1, 0.15) is 26.3 Å². The van der Waals surface area contributed by atoms with Gasteiger partial charge in [0.2, 0.25) is 0 Å². The Balaban J connectivity index is 3.11. The van der Waals surface area contributed by atoms with Crippen molar-refractivity contribution in [3.8, 4) is 5.75 Å². The van der Waals surface area contributed by atoms with Gasteiger partial charge in [-0.1, -0.05) is 0 Å². The zero-order chi connectivity index (χ0) is 18.5. The highest BCUT2D eigenvalue weighted by Crippen LogP contribution is 2.28. The minimum absolute atomic E-state index is 0.0317. The van der Waals surface area contributed by atoms with Crippen molar-refractivity contribution in [3.63, 3.8) is 0 Å². The average molecular weight is 338 g/mol. The van der Waals surface area contributed by atoms with Crippen molar-refractivity contribution in [1.82, 2.24) is 5.32 Å². The van der Waals surface area contributed by atoms with Gasteiger partial charge in [0.15, 0.2) is 5.75 Å². The summed E-state index contributed by atoms with van der Waals surface area (Å²) in [6.45, 7) is 4.91. The van der Waals surface area contributed by atoms with E-state index in [1.54, 1.807) is 20.8 Å². The van der Waals surface area contributed by atoms with Gasteiger partial charge in [-0.3, -0.25) is 15.4 Å². The van der Waals surface area contributed by atoms with Gasteiger partial charge in [0.1, 0.15) is 11.3 Å². The molecule has 1 aromatic rings. The second-order valence-corrected chi connectivity index (χ2v) is 5.68. The third-order valence-corrected chi connectivity index (χ3v) is 2.58. The molecule has 2 N–H and O–H groups in total. The molecule has 0 radical (unpaired) electrons. The quantitative estimate of drug-likeness (QED) is 0.479. The van der Waals surface area contributed by atoms with Gasteiger partial charge in [-0.05, 0) is 44.5 Å². The average Bonchev–Trinajstić information content (AvgIpc) is 2.43. The van der Waals surface area contributed by atoms with Crippen molar-refractivity contribution in [3.05, 3.63) is 39.6 Å². The number of hydrogen-bond donors (Lipinski definition) is 2. The van der Waals surface area contributed by atoms with Crippen molar-refractivity contribution < 1.29 is 29.1 Å². The van der Waals surface area contributed by atoms with Crippen LogP contribution in [0.5, 0.6) is 5.75 Å². The molecule has 1 rings (SSSR count). The summed E-state index contributed by atoms with van der Waals surface area (Å²) in [6.07, 6.45) is 0.211. The predicted molar refractivity (Wildman–Crippen MR) is 84.6 cm³/mol. The predicted octanol–water partition coefficient (Wildman–Crippen LogP) is 2.55. The standard InChI is InChI=1S/C15H18N2O7/c1-15(2,3)24-14(20)16-10(13(18)19)7-9-5-6-11(17(21)22)12(8-9)23-4/h5-8H,1-4H3,(H,16,20)(H,18,19). The van der Waals surface area contributed by atoms with Crippen molar-refractivity contribution in [2.75, 3.05) is 7.11 Å². The first kappa shape index (κ1) is 18.9. The minimum atomic E-state index is -1.39. The number of amides is 1. The van der Waals surface area contributed by atoms with Crippen LogP contribution in [0, 0.1) is 10.1 Å². The zero-order valence-electron chi connectivity index (χ0n) is 13.7. The molecule has 0 aliphatic rings. The number of alkyl carbamates (subject to hydrolysis) is 1. The second-order valence-electron chi connectivity index (χ2n) is 5.68. The van der Waals surface area contributed by atoms with Crippen LogP contribution >= 0.6 is 0 Å². The summed E-state index contributed by atoms with van der Waals surface area (Å²) in [6, 6.07) is 3.80. The number of ether oxygens (including phenoxy) is 2. The first-order valence-corrected chi connectivity index (χ1v) is 6.81. The topological polar surface area (TPSA) is 128 Å². The number of nitro groups is 1. The molecule has 0 saturated heterocycles. The molecule has 0 spiro atoms. The Morgan fingerprint density at radius 1 is 1.33 bits per heavy atom. The molecule has 0 unspecified atom stereocenters. The lowest BCUT2D eigenvalue weighted by atomic mass is 10.1. The molecule has 1 aromatic carbocycles. The summed E-state index contributed by atoms with van der Waals surface area (Å²) >= 11 is 0. The Kier molecular flexibility index (Phi) is 5.88. The maximum Gasteiger partial charge on any atom is 0.412 e. The number of hydrogen-bond acceptors (Lipinski definition) is 6. The number of benzene rings is 1. The molecule has 24 heavy (non-hydrogen) atoms. The monoisotopic (exact) mass is 338 g/mol. The van der Waals surface area contributed by atoms with Crippen LogP contribution in [0.25, 0.3) is 6.08 Å². The third kappa shape index (κ3) is 5.59. The highest BCUT2D eigenvalue weighted by atomic mass is 16.6. The normalized spacial score (nSPS) is 11.6. The maximum absolute atomic E-state index is 11.7. The van der Waals surface area contributed by atoms with Gasteiger partial charge >= 0.3 is 17.7 Å². The molecule has 0 saturated carbocycles. The van der Waals surface area contributed by atoms with E-state index in [4.69, 9.17) is 9.47 Å². The fraction of sp³-hybridized carbons (Fsp3) is 0.333. The molecule has 0 bridgehead atoms. The number of carboxylic acid groups (broad SMARTS) is 1. The summed E-state index contributed by atoms with van der Waals surface area (Å²) in [5, 5.41) is 22.1. The van der Waals surface area contributed by atoms with Crippen molar-refractivity contribution >= 4 is 23.8 Å². The largest absolute Gasteiger partial charge is 0.490 e. The minimum Gasteiger partial charge on any atom is -0.490 e. The van der Waals surface area contributed by atoms with Crippen LogP contribution in [0.2, 0.25) is 0 Å². The van der Waals surface area contributed by atoms with Crippen LogP contribution in [0.4, 0.5) is 10.5 Å². The smallest absolute Gasteiger partial charge is 0.412 e. The lowest BCUT2D eigenvalue weighted by Gasteiger charge is -2.19. The SMILES string of the molecule is COc1cc(C=C(NC(=O)OC(C)(C)C)C(=O)O)ccc1[N+](=O)[O-]. The van der Waals surface area contributed by atoms with Gasteiger partial charge in [-0.25, -0.2) is 9.59 Å². The number of carbonyl (C=O) groups is 2. The molecule has 0 fully saturated rings. The van der Waals surface area contributed by atoms with Gasteiger partial charge in [-0.15, -0.1) is 0 Å². The van der Waals surface area contributed by atoms with Crippen LogP contribution in [-0.4, -0.2) is 34.8 Å². The van der Waals surface area contributed by atoms with Gasteiger partial charge in [0.25, 0.3) is 0 Å². The summed E-state index contributed by atoms with van der Waals surface area (Å²) in [5.41, 5.74) is -1.19. The van der Waals surface area contributed by atoms with Gasteiger partial charge in [-0.2, -0.15) is 0 Å². The second kappa shape index (κ2) is 7.44. The number of carboxylic acids is 1. The highest BCUT2D eigenvalue weighted by molar-refractivity contribution is 5.95. The molecule has 0 aliphatic heterocycles. The molecule has 9 nitrogen and oxygen atoms in total. The molecular weight excluding hydrogens is 320 g/mol. The fourth-order valence-corrected chi connectivity index (χ4v) is 1.67. The molecular formula is C15H18N2O7. The highest BCUT2D eigenvalue weighted by Gasteiger charge is 2.20. The Morgan fingerprint density at radius 2 is 1.96 bits per heavy atom. The summed E-state index contributed by atoms with van der Waals surface area (Å²) in [5.74, 6) is -1.42. The lowest BCUT2D eigenvalue weighted by Crippen LogP contribution is -2.34. The molecule has 130 valence electrons. The van der Waals surface area contributed by atoms with E-state index in [1.807, 2.05) is 0 Å². The number of nitrogens with zero attached hydrogens (tertiary/aromatic N) is 1. The van der Waals surface area contributed by atoms with E-state index >= 15 is 0 Å². The number of carbonyl (C=O) groups excluding carboxylic acids is 1. The van der Waals surface area contributed by atoms with Gasteiger partial charge in [0.05, 0.1) is 12.0 Å². The molecule has 0 heterocycles. The molecule has 0 aromatic heterocycles. The van der Waals surface area contributed by atoms with Gasteiger partial charge in [0, 0.05) is 6.07 Å². The Hall–Kier alpha value is -3.10. The Labute approximate surface area is 138 Å². The molecule has 9 heteroatoms. The van der Waals surface area contributed by atoms with Crippen LogP contribution in [0.15, 0.2) is 23.9 Å². The van der Waals surface area contributed by atoms with E-state index in [1.165, 1.54) is 25.3 Å². The summed E-state index contributed by atoms with van der Waals surface area (Å²) in [7, 11) is 1.26. The van der Waals surface area contributed by atoms with E-state index in [9.17, 15) is 24.8 Å². The lowest BCUT2D eigenvalue weighted by molar-refractivity contribution is -0.385. The molecule has 0 aliphatic carbocycles. The Bertz CT molecular complexity index is 690. The number of rotatable bonds is 5. The summed E-state index contributed by atoms with van der Waals surface area (Å²) in [4.78, 5) is 33.2. The number of methoxy groups -OCH3 is 1. The first-order chi connectivity index (χ1) is 11.0. The van der Waals surface area contributed by atoms with E-state index in [-0.39, 0.29) is 11.4 Å². The first-order valence-electron chi connectivity index (χ1n) is 6.81. The van der Waals surface area contributed by atoms with Crippen LogP contribution in [0.3, 0.4) is 0 Å². The van der Waals surface area contributed by atoms with E-state index < -0.39 is 28.3 Å². The fourth-order valence-electron chi connectivity index (χ4n) is 1.67. The van der Waals surface area contributed by atoms with E-state index in [0.29, 0.717) is 5.56 Å². The molecule has 1 amide bonds. The Morgan fingerprint density at radius 3 is 2.42 bits per heavy atom. The van der Waals surface area contributed by atoms with Gasteiger partial charge < -0.3 is 14.6 Å². The van der Waals surface area contributed by atoms with Crippen molar-refractivity contribution in [2.24, 2.45) is 0 Å².